The van der Waals surface area contributed by atoms with Crippen LogP contribution in [0.15, 0.2) is 36.1 Å². The molecule has 2 aromatic rings. The lowest BCUT2D eigenvalue weighted by molar-refractivity contribution is -0.114. The van der Waals surface area contributed by atoms with Gasteiger partial charge in [-0.15, -0.1) is 0 Å². The van der Waals surface area contributed by atoms with Gasteiger partial charge < -0.3 is 20.1 Å². The van der Waals surface area contributed by atoms with E-state index in [2.05, 4.69) is 0 Å². The van der Waals surface area contributed by atoms with E-state index in [1.165, 1.54) is 12.1 Å². The van der Waals surface area contributed by atoms with Gasteiger partial charge in [0.2, 0.25) is 0 Å². The van der Waals surface area contributed by atoms with Crippen molar-refractivity contribution in [3.8, 4) is 0 Å². The number of aliphatic hydroxyl groups excluding tert-OH is 2. The molecular weight excluding hydrogens is 272 g/mol. The minimum atomic E-state index is -1.14. The number of hydrogen-bond donors (Lipinski definition) is 3. The van der Waals surface area contributed by atoms with E-state index < -0.39 is 18.0 Å². The molecule has 5 heteroatoms. The Kier molecular flexibility index (Phi) is 2.99. The van der Waals surface area contributed by atoms with Crippen molar-refractivity contribution in [1.82, 2.24) is 0 Å². The summed E-state index contributed by atoms with van der Waals surface area (Å²) < 4.78 is 0. The minimum absolute atomic E-state index is 0.148. The molecule has 0 spiro atoms. The van der Waals surface area contributed by atoms with E-state index in [1.807, 2.05) is 0 Å². The van der Waals surface area contributed by atoms with E-state index in [4.69, 9.17) is 0 Å². The molecule has 0 saturated heterocycles. The van der Waals surface area contributed by atoms with Gasteiger partial charge in [-0.3, -0.25) is 0 Å². The Labute approximate surface area is 119 Å². The molecule has 2 unspecified atom stereocenters. The van der Waals surface area contributed by atoms with E-state index in [9.17, 15) is 24.9 Å². The van der Waals surface area contributed by atoms with Gasteiger partial charge >= 0.3 is 5.97 Å². The molecule has 0 amide bonds. The number of carbonyl (C=O) groups is 2. The molecule has 2 atom stereocenters. The number of carboxylic acid groups (broad SMARTS) is 1. The molecule has 1 aliphatic carbocycles. The maximum Gasteiger partial charge on any atom is 0.336 e. The van der Waals surface area contributed by atoms with Crippen LogP contribution in [0.4, 0.5) is 0 Å². The lowest BCUT2D eigenvalue weighted by Gasteiger charge is -2.25. The highest BCUT2D eigenvalue weighted by Gasteiger charge is 2.30. The van der Waals surface area contributed by atoms with Crippen molar-refractivity contribution in [3.05, 3.63) is 52.8 Å². The summed E-state index contributed by atoms with van der Waals surface area (Å²) in [4.78, 5) is 22.2. The van der Waals surface area contributed by atoms with Gasteiger partial charge in [0.25, 0.3) is 0 Å². The van der Waals surface area contributed by atoms with E-state index in [0.29, 0.717) is 28.2 Å². The summed E-state index contributed by atoms with van der Waals surface area (Å²) in [5, 5.41) is 30.4. The lowest BCUT2D eigenvalue weighted by atomic mass is 9.84. The first kappa shape index (κ1) is 13.3. The molecule has 0 radical (unpaired) electrons. The van der Waals surface area contributed by atoms with Crippen molar-refractivity contribution in [2.24, 2.45) is 5.92 Å². The second-order valence-electron chi connectivity index (χ2n) is 4.99. The fourth-order valence-electron chi connectivity index (χ4n) is 2.68. The number of hydrogen-bond acceptors (Lipinski definition) is 4. The fourth-order valence-corrected chi connectivity index (χ4v) is 2.68. The highest BCUT2D eigenvalue weighted by atomic mass is 16.4. The molecule has 2 aromatic carbocycles. The zero-order valence-electron chi connectivity index (χ0n) is 10.9. The summed E-state index contributed by atoms with van der Waals surface area (Å²) in [6, 6.07) is 8.12. The number of aliphatic hydroxyl groups is 2. The Balaban J connectivity index is 2.31. The monoisotopic (exact) mass is 284 g/mol. The van der Waals surface area contributed by atoms with Crippen LogP contribution in [-0.2, 0) is 4.79 Å². The molecule has 0 saturated carbocycles. The topological polar surface area (TPSA) is 94.8 Å². The third-order valence-corrected chi connectivity index (χ3v) is 3.76. The van der Waals surface area contributed by atoms with Crippen molar-refractivity contribution >= 4 is 29.1 Å². The molecule has 5 nitrogen and oxygen atoms in total. The molecule has 0 aliphatic heterocycles. The Hall–Kier alpha value is -2.66. The van der Waals surface area contributed by atoms with Crippen molar-refractivity contribution < 1.29 is 24.9 Å². The summed E-state index contributed by atoms with van der Waals surface area (Å²) in [6.07, 6.45) is 0.747. The summed E-state index contributed by atoms with van der Waals surface area (Å²) in [5.41, 5.74) is 1.16. The molecule has 0 heterocycles. The number of fused-ring (bicyclic) bond motifs is 2. The van der Waals surface area contributed by atoms with Gasteiger partial charge in [-0.25, -0.2) is 4.79 Å². The van der Waals surface area contributed by atoms with Gasteiger partial charge in [-0.2, -0.15) is 0 Å². The van der Waals surface area contributed by atoms with Gasteiger partial charge in [0.05, 0.1) is 11.7 Å². The van der Waals surface area contributed by atoms with Crippen LogP contribution in [0, 0.1) is 5.92 Å². The molecule has 1 aliphatic rings. The fraction of sp³-hybridized carbons (Fsp3) is 0.125. The number of aromatic carboxylic acids is 1. The average Bonchev–Trinajstić information content (AvgIpc) is 2.45. The molecule has 106 valence electrons. The number of rotatable bonds is 2. The van der Waals surface area contributed by atoms with E-state index in [0.717, 1.165) is 0 Å². The van der Waals surface area contributed by atoms with Gasteiger partial charge in [-0.1, -0.05) is 12.1 Å². The first-order chi connectivity index (χ1) is 10.0. The summed E-state index contributed by atoms with van der Waals surface area (Å²) >= 11 is 0. The Morgan fingerprint density at radius 3 is 2.67 bits per heavy atom. The standard InChI is InChI=1S/C16H12O5/c17-7-13-14(18)6-9-5-11-8(4-12(9)15(13)19)2-1-3-10(11)16(20)21/h1-7,13,15,18-19H,(H,20,21). The van der Waals surface area contributed by atoms with E-state index in [-0.39, 0.29) is 11.3 Å². The van der Waals surface area contributed by atoms with Crippen molar-refractivity contribution in [2.75, 3.05) is 0 Å². The maximum atomic E-state index is 11.2. The van der Waals surface area contributed by atoms with Crippen LogP contribution in [0.3, 0.4) is 0 Å². The third-order valence-electron chi connectivity index (χ3n) is 3.76. The maximum absolute atomic E-state index is 11.2. The minimum Gasteiger partial charge on any atom is -0.511 e. The largest absolute Gasteiger partial charge is 0.511 e. The number of carboxylic acids is 1. The van der Waals surface area contributed by atoms with Crippen LogP contribution in [-0.4, -0.2) is 27.6 Å². The first-order valence-corrected chi connectivity index (χ1v) is 6.37. The average molecular weight is 284 g/mol. The van der Waals surface area contributed by atoms with E-state index >= 15 is 0 Å². The zero-order valence-corrected chi connectivity index (χ0v) is 10.9. The van der Waals surface area contributed by atoms with Gasteiger partial charge in [0.15, 0.2) is 0 Å². The second-order valence-corrected chi connectivity index (χ2v) is 4.99. The second kappa shape index (κ2) is 4.71. The Morgan fingerprint density at radius 1 is 1.24 bits per heavy atom. The van der Waals surface area contributed by atoms with E-state index in [1.54, 1.807) is 24.3 Å². The highest BCUT2D eigenvalue weighted by Crippen LogP contribution is 2.37. The Morgan fingerprint density at radius 2 is 2.00 bits per heavy atom. The van der Waals surface area contributed by atoms with Crippen LogP contribution in [0.5, 0.6) is 0 Å². The summed E-state index contributed by atoms with van der Waals surface area (Å²) in [5.74, 6) is -2.26. The molecule has 0 fully saturated rings. The number of benzene rings is 2. The summed E-state index contributed by atoms with van der Waals surface area (Å²) in [7, 11) is 0. The molecule has 0 aromatic heterocycles. The van der Waals surface area contributed by atoms with Crippen LogP contribution in [0.25, 0.3) is 16.8 Å². The van der Waals surface area contributed by atoms with Crippen LogP contribution >= 0.6 is 0 Å². The quantitative estimate of drug-likeness (QED) is 0.735. The van der Waals surface area contributed by atoms with Gasteiger partial charge in [0.1, 0.15) is 18.0 Å². The van der Waals surface area contributed by atoms with Gasteiger partial charge in [0, 0.05) is 0 Å². The van der Waals surface area contributed by atoms with Crippen molar-refractivity contribution in [3.63, 3.8) is 0 Å². The molecule has 3 N–H and O–H groups in total. The first-order valence-electron chi connectivity index (χ1n) is 6.37. The zero-order chi connectivity index (χ0) is 15.1. The smallest absolute Gasteiger partial charge is 0.336 e. The van der Waals surface area contributed by atoms with Crippen molar-refractivity contribution in [2.45, 2.75) is 6.10 Å². The molecule has 0 bridgehead atoms. The number of carbonyl (C=O) groups excluding carboxylic acids is 1. The summed E-state index contributed by atoms with van der Waals surface area (Å²) in [6.45, 7) is 0. The van der Waals surface area contributed by atoms with Crippen LogP contribution in [0.1, 0.15) is 27.6 Å². The predicted molar refractivity (Wildman–Crippen MR) is 76.0 cm³/mol. The number of aldehydes is 1. The Bertz CT molecular complexity index is 791. The molecule has 3 rings (SSSR count). The molecule has 21 heavy (non-hydrogen) atoms. The predicted octanol–water partition coefficient (Wildman–Crippen LogP) is 2.30. The molecular formula is C16H12O5. The van der Waals surface area contributed by atoms with Crippen molar-refractivity contribution in [1.29, 1.82) is 0 Å². The normalized spacial score (nSPS) is 20.7. The lowest BCUT2D eigenvalue weighted by Crippen LogP contribution is -2.20. The van der Waals surface area contributed by atoms with Crippen LogP contribution in [0.2, 0.25) is 0 Å². The van der Waals surface area contributed by atoms with Crippen LogP contribution < -0.4 is 0 Å². The van der Waals surface area contributed by atoms with Gasteiger partial charge in [-0.05, 0) is 46.2 Å². The SMILES string of the molecule is O=CC1C(O)=Cc2cc3c(C(=O)O)cccc3cc2C1O. The third kappa shape index (κ3) is 1.98. The highest BCUT2D eigenvalue weighted by molar-refractivity contribution is 6.04.